The molecule has 0 fully saturated rings. The smallest absolute Gasteiger partial charge is 0.143 e. The molecule has 1 N–H and O–H groups in total. The number of hydrogen-bond acceptors (Lipinski definition) is 3. The molecule has 0 unspecified atom stereocenters. The van der Waals surface area contributed by atoms with Gasteiger partial charge in [-0.1, -0.05) is 91.0 Å². The molecule has 0 aliphatic rings. The maximum absolute atomic E-state index is 9.01. The first-order chi connectivity index (χ1) is 15.3. The molecule has 0 heterocycles. The van der Waals surface area contributed by atoms with Crippen LogP contribution in [-0.2, 0) is 15.1 Å². The number of hydrogen-bond donors (Lipinski definition) is 1. The van der Waals surface area contributed by atoms with E-state index >= 15 is 0 Å². The Morgan fingerprint density at radius 2 is 1.26 bits per heavy atom. The summed E-state index contributed by atoms with van der Waals surface area (Å²) in [6, 6.07) is 30.8. The topological polar surface area (TPSA) is 38.7 Å². The molecule has 3 heteroatoms. The minimum Gasteiger partial charge on any atom is -0.396 e. The summed E-state index contributed by atoms with van der Waals surface area (Å²) in [7, 11) is 0. The zero-order valence-corrected chi connectivity index (χ0v) is 17.8. The second kappa shape index (κ2) is 12.1. The molecule has 0 spiro atoms. The molecular weight excluding hydrogens is 384 g/mol. The number of aliphatic hydroxyl groups excluding tert-OH is 1. The zero-order chi connectivity index (χ0) is 21.8. The zero-order valence-electron chi connectivity index (χ0n) is 17.8. The summed E-state index contributed by atoms with van der Waals surface area (Å²) in [4.78, 5) is 0. The van der Waals surface area contributed by atoms with Crippen LogP contribution >= 0.6 is 0 Å². The molecule has 3 nitrogen and oxygen atoms in total. The van der Waals surface area contributed by atoms with Gasteiger partial charge in [-0.15, -0.1) is 12.3 Å². The summed E-state index contributed by atoms with van der Waals surface area (Å²) in [6.45, 7) is 1.06. The Bertz CT molecular complexity index is 820. The van der Waals surface area contributed by atoms with Crippen molar-refractivity contribution in [1.29, 1.82) is 0 Å². The van der Waals surface area contributed by atoms with Crippen molar-refractivity contribution < 1.29 is 14.6 Å². The van der Waals surface area contributed by atoms with Crippen molar-refractivity contribution in [1.82, 2.24) is 0 Å². The van der Waals surface area contributed by atoms with Crippen LogP contribution < -0.4 is 0 Å². The molecule has 0 bridgehead atoms. The normalized spacial score (nSPS) is 12.3. The maximum atomic E-state index is 9.01. The highest BCUT2D eigenvalue weighted by molar-refractivity contribution is 5.47. The van der Waals surface area contributed by atoms with E-state index in [0.717, 1.165) is 23.1 Å². The molecular formula is C28H30O3. The standard InChI is InChI=1S/C28H30O3/c1-2-14-27(30-22-13-12-21-29)23-31-28(24-15-6-3-7-16-24,25-17-8-4-9-18-25)26-19-10-5-11-20-26/h1,3-11,15-20,27,29H,12-14,21-23H2/t27-/m1/s1. The van der Waals surface area contributed by atoms with Crippen LogP contribution in [0.25, 0.3) is 0 Å². The fraction of sp³-hybridized carbons (Fsp3) is 0.286. The Labute approximate surface area is 185 Å². The quantitative estimate of drug-likeness (QED) is 0.252. The molecule has 0 aromatic heterocycles. The third-order valence-corrected chi connectivity index (χ3v) is 5.28. The molecule has 160 valence electrons. The van der Waals surface area contributed by atoms with Gasteiger partial charge >= 0.3 is 0 Å². The molecule has 1 atom stereocenters. The first kappa shape index (κ1) is 22.8. The predicted octanol–water partition coefficient (Wildman–Crippen LogP) is 5.18. The van der Waals surface area contributed by atoms with E-state index in [1.165, 1.54) is 0 Å². The van der Waals surface area contributed by atoms with Gasteiger partial charge in [0.2, 0.25) is 0 Å². The number of terminal acetylenes is 1. The molecule has 3 aromatic rings. The van der Waals surface area contributed by atoms with Gasteiger partial charge in [-0.2, -0.15) is 0 Å². The van der Waals surface area contributed by atoms with E-state index in [9.17, 15) is 0 Å². The average Bonchev–Trinajstić information content (AvgIpc) is 2.84. The Kier molecular flexibility index (Phi) is 8.87. The third-order valence-electron chi connectivity index (χ3n) is 5.28. The molecule has 31 heavy (non-hydrogen) atoms. The number of unbranched alkanes of at least 4 members (excludes halogenated alkanes) is 1. The molecule has 0 aliphatic carbocycles. The van der Waals surface area contributed by atoms with Crippen LogP contribution in [0.2, 0.25) is 0 Å². The van der Waals surface area contributed by atoms with Gasteiger partial charge in [-0.3, -0.25) is 0 Å². The van der Waals surface area contributed by atoms with Crippen LogP contribution in [0.5, 0.6) is 0 Å². The fourth-order valence-electron chi connectivity index (χ4n) is 3.75. The van der Waals surface area contributed by atoms with E-state index in [2.05, 4.69) is 42.3 Å². The monoisotopic (exact) mass is 414 g/mol. The summed E-state index contributed by atoms with van der Waals surface area (Å²) < 4.78 is 12.8. The number of rotatable bonds is 12. The summed E-state index contributed by atoms with van der Waals surface area (Å²) in [5.74, 6) is 2.71. The molecule has 0 saturated carbocycles. The average molecular weight is 415 g/mol. The van der Waals surface area contributed by atoms with Gasteiger partial charge in [-0.05, 0) is 29.5 Å². The molecule has 0 radical (unpaired) electrons. The highest BCUT2D eigenvalue weighted by Crippen LogP contribution is 2.40. The van der Waals surface area contributed by atoms with Crippen molar-refractivity contribution in [3.05, 3.63) is 108 Å². The second-order valence-corrected chi connectivity index (χ2v) is 7.42. The highest BCUT2D eigenvalue weighted by Gasteiger charge is 2.38. The van der Waals surface area contributed by atoms with E-state index in [-0.39, 0.29) is 12.7 Å². The van der Waals surface area contributed by atoms with Crippen molar-refractivity contribution in [3.63, 3.8) is 0 Å². The number of benzene rings is 3. The van der Waals surface area contributed by atoms with Crippen LogP contribution in [0.3, 0.4) is 0 Å². The molecule has 0 aliphatic heterocycles. The van der Waals surface area contributed by atoms with Crippen LogP contribution in [0, 0.1) is 12.3 Å². The van der Waals surface area contributed by atoms with Crippen molar-refractivity contribution in [2.45, 2.75) is 31.0 Å². The van der Waals surface area contributed by atoms with E-state index in [1.807, 2.05) is 54.6 Å². The van der Waals surface area contributed by atoms with Gasteiger partial charge in [0.25, 0.3) is 0 Å². The lowest BCUT2D eigenvalue weighted by atomic mass is 9.80. The Morgan fingerprint density at radius 3 is 1.68 bits per heavy atom. The number of ether oxygens (including phenoxy) is 2. The van der Waals surface area contributed by atoms with Gasteiger partial charge in [0, 0.05) is 19.6 Å². The minimum absolute atomic E-state index is 0.165. The van der Waals surface area contributed by atoms with Gasteiger partial charge in [0.05, 0.1) is 12.7 Å². The van der Waals surface area contributed by atoms with Gasteiger partial charge < -0.3 is 14.6 Å². The van der Waals surface area contributed by atoms with E-state index in [0.29, 0.717) is 26.1 Å². The van der Waals surface area contributed by atoms with Crippen molar-refractivity contribution >= 4 is 0 Å². The van der Waals surface area contributed by atoms with E-state index in [4.69, 9.17) is 21.0 Å². The van der Waals surface area contributed by atoms with Crippen LogP contribution in [0.4, 0.5) is 0 Å². The summed E-state index contributed by atoms with van der Waals surface area (Å²) in [6.07, 6.45) is 7.35. The van der Waals surface area contributed by atoms with Gasteiger partial charge in [-0.25, -0.2) is 0 Å². The Balaban J connectivity index is 1.98. The first-order valence-corrected chi connectivity index (χ1v) is 10.8. The lowest BCUT2D eigenvalue weighted by Gasteiger charge is -2.37. The van der Waals surface area contributed by atoms with Gasteiger partial charge in [0.1, 0.15) is 5.60 Å². The number of aliphatic hydroxyl groups is 1. The molecule has 0 saturated heterocycles. The SMILES string of the molecule is C#CC[C@H](COC(c1ccccc1)(c1ccccc1)c1ccccc1)OCCCCO. The summed E-state index contributed by atoms with van der Waals surface area (Å²) in [5, 5.41) is 9.01. The predicted molar refractivity (Wildman–Crippen MR) is 125 cm³/mol. The van der Waals surface area contributed by atoms with E-state index < -0.39 is 5.60 Å². The lowest BCUT2D eigenvalue weighted by molar-refractivity contribution is -0.0637. The first-order valence-electron chi connectivity index (χ1n) is 10.8. The largest absolute Gasteiger partial charge is 0.396 e. The fourth-order valence-corrected chi connectivity index (χ4v) is 3.75. The maximum Gasteiger partial charge on any atom is 0.143 e. The third kappa shape index (κ3) is 5.83. The highest BCUT2D eigenvalue weighted by atomic mass is 16.5. The molecule has 3 aromatic carbocycles. The minimum atomic E-state index is -0.787. The molecule has 0 amide bonds. The van der Waals surface area contributed by atoms with Crippen LogP contribution in [-0.4, -0.2) is 31.0 Å². The van der Waals surface area contributed by atoms with Crippen molar-refractivity contribution in [2.24, 2.45) is 0 Å². The second-order valence-electron chi connectivity index (χ2n) is 7.42. The van der Waals surface area contributed by atoms with Gasteiger partial charge in [0.15, 0.2) is 0 Å². The van der Waals surface area contributed by atoms with Crippen molar-refractivity contribution in [2.75, 3.05) is 19.8 Å². The van der Waals surface area contributed by atoms with Crippen molar-refractivity contribution in [3.8, 4) is 12.3 Å². The molecule has 3 rings (SSSR count). The van der Waals surface area contributed by atoms with Crippen LogP contribution in [0.15, 0.2) is 91.0 Å². The van der Waals surface area contributed by atoms with Crippen LogP contribution in [0.1, 0.15) is 36.0 Å². The summed E-state index contributed by atoms with van der Waals surface area (Å²) >= 11 is 0. The van der Waals surface area contributed by atoms with E-state index in [1.54, 1.807) is 0 Å². The summed E-state index contributed by atoms with van der Waals surface area (Å²) in [5.41, 5.74) is 2.36. The Morgan fingerprint density at radius 1 is 0.774 bits per heavy atom. The Hall–Kier alpha value is -2.90. The lowest BCUT2D eigenvalue weighted by Crippen LogP contribution is -2.36.